The predicted molar refractivity (Wildman–Crippen MR) is 82.6 cm³/mol. The maximum Gasteiger partial charge on any atom is 0.0955 e. The molecule has 1 unspecified atom stereocenters. The van der Waals surface area contributed by atoms with Crippen molar-refractivity contribution in [3.63, 3.8) is 0 Å². The van der Waals surface area contributed by atoms with Gasteiger partial charge in [0.25, 0.3) is 0 Å². The van der Waals surface area contributed by atoms with E-state index in [2.05, 4.69) is 56.4 Å². The quantitative estimate of drug-likeness (QED) is 0.761. The van der Waals surface area contributed by atoms with Gasteiger partial charge in [0.1, 0.15) is 0 Å². The number of rotatable bonds is 5. The molecule has 19 heavy (non-hydrogen) atoms. The zero-order valence-electron chi connectivity index (χ0n) is 12.9. The smallest absolute Gasteiger partial charge is 0.0955 e. The number of hydrogen-bond acceptors (Lipinski definition) is 1. The lowest BCUT2D eigenvalue weighted by molar-refractivity contribution is 0.647. The first-order chi connectivity index (χ1) is 9.04. The molecule has 1 aromatic carbocycles. The SMILES string of the molecule is CCCC(C)c1ccc(CC(C)C)c2ncn(C)c12. The molecule has 0 aliphatic heterocycles. The fourth-order valence-electron chi connectivity index (χ4n) is 2.94. The topological polar surface area (TPSA) is 17.8 Å². The Balaban J connectivity index is 2.53. The molecule has 2 aromatic rings. The van der Waals surface area contributed by atoms with E-state index in [0.717, 1.165) is 6.42 Å². The normalized spacial score (nSPS) is 13.4. The maximum atomic E-state index is 4.64. The highest BCUT2D eigenvalue weighted by Gasteiger charge is 2.15. The van der Waals surface area contributed by atoms with Gasteiger partial charge in [0, 0.05) is 7.05 Å². The second-order valence-electron chi connectivity index (χ2n) is 6.15. The molecule has 1 atom stereocenters. The molecule has 0 saturated heterocycles. The highest BCUT2D eigenvalue weighted by atomic mass is 15.0. The third kappa shape index (κ3) is 2.83. The third-order valence-electron chi connectivity index (χ3n) is 3.86. The Morgan fingerprint density at radius 2 is 1.95 bits per heavy atom. The molecule has 2 rings (SSSR count). The van der Waals surface area contributed by atoms with E-state index < -0.39 is 0 Å². The third-order valence-corrected chi connectivity index (χ3v) is 3.86. The Labute approximate surface area is 116 Å². The summed E-state index contributed by atoms with van der Waals surface area (Å²) in [5, 5.41) is 0. The number of aryl methyl sites for hydroxylation is 1. The van der Waals surface area contributed by atoms with Crippen LogP contribution in [0.25, 0.3) is 11.0 Å². The number of nitrogens with zero attached hydrogens (tertiary/aromatic N) is 2. The molecule has 0 radical (unpaired) electrons. The van der Waals surface area contributed by atoms with Crippen LogP contribution < -0.4 is 0 Å². The molecule has 2 heteroatoms. The zero-order chi connectivity index (χ0) is 14.0. The van der Waals surface area contributed by atoms with Gasteiger partial charge in [0.05, 0.1) is 17.4 Å². The van der Waals surface area contributed by atoms with Crippen LogP contribution in [-0.2, 0) is 13.5 Å². The molecular formula is C17H26N2. The van der Waals surface area contributed by atoms with E-state index in [9.17, 15) is 0 Å². The monoisotopic (exact) mass is 258 g/mol. The number of benzene rings is 1. The highest BCUT2D eigenvalue weighted by molar-refractivity contribution is 5.83. The number of fused-ring (bicyclic) bond motifs is 1. The minimum Gasteiger partial charge on any atom is -0.333 e. The molecule has 0 aliphatic carbocycles. The summed E-state index contributed by atoms with van der Waals surface area (Å²) in [4.78, 5) is 4.64. The number of hydrogen-bond donors (Lipinski definition) is 0. The second-order valence-corrected chi connectivity index (χ2v) is 6.15. The number of aromatic nitrogens is 2. The van der Waals surface area contributed by atoms with Gasteiger partial charge in [0.15, 0.2) is 0 Å². The predicted octanol–water partition coefficient (Wildman–Crippen LogP) is 4.68. The van der Waals surface area contributed by atoms with Crippen molar-refractivity contribution >= 4 is 11.0 Å². The summed E-state index contributed by atoms with van der Waals surface area (Å²) in [5.41, 5.74) is 5.37. The summed E-state index contributed by atoms with van der Waals surface area (Å²) in [6.07, 6.45) is 5.53. The minimum atomic E-state index is 0.607. The minimum absolute atomic E-state index is 0.607. The summed E-state index contributed by atoms with van der Waals surface area (Å²) in [6, 6.07) is 4.61. The molecule has 0 aliphatic rings. The van der Waals surface area contributed by atoms with Gasteiger partial charge < -0.3 is 4.57 Å². The maximum absolute atomic E-state index is 4.64. The van der Waals surface area contributed by atoms with Crippen LogP contribution in [0.3, 0.4) is 0 Å². The Morgan fingerprint density at radius 3 is 2.58 bits per heavy atom. The molecular weight excluding hydrogens is 232 g/mol. The average Bonchev–Trinajstić information content (AvgIpc) is 2.72. The van der Waals surface area contributed by atoms with E-state index in [0.29, 0.717) is 11.8 Å². The Hall–Kier alpha value is -1.31. The summed E-state index contributed by atoms with van der Waals surface area (Å²) >= 11 is 0. The largest absolute Gasteiger partial charge is 0.333 e. The number of imidazole rings is 1. The molecule has 0 amide bonds. The van der Waals surface area contributed by atoms with Crippen molar-refractivity contribution in [1.29, 1.82) is 0 Å². The lowest BCUT2D eigenvalue weighted by atomic mass is 9.92. The van der Waals surface area contributed by atoms with E-state index in [-0.39, 0.29) is 0 Å². The van der Waals surface area contributed by atoms with Gasteiger partial charge in [-0.2, -0.15) is 0 Å². The molecule has 0 saturated carbocycles. The molecule has 0 bridgehead atoms. The molecule has 2 nitrogen and oxygen atoms in total. The first kappa shape index (κ1) is 14.1. The summed E-state index contributed by atoms with van der Waals surface area (Å²) in [6.45, 7) is 9.11. The van der Waals surface area contributed by atoms with Crippen molar-refractivity contribution in [3.05, 3.63) is 29.6 Å². The van der Waals surface area contributed by atoms with Crippen LogP contribution in [0.5, 0.6) is 0 Å². The Morgan fingerprint density at radius 1 is 1.21 bits per heavy atom. The molecule has 0 fully saturated rings. The van der Waals surface area contributed by atoms with Crippen molar-refractivity contribution in [3.8, 4) is 0 Å². The van der Waals surface area contributed by atoms with Crippen LogP contribution in [0, 0.1) is 5.92 Å². The van der Waals surface area contributed by atoms with Gasteiger partial charge in [-0.05, 0) is 35.8 Å². The van der Waals surface area contributed by atoms with E-state index in [1.807, 2.05) is 6.33 Å². The summed E-state index contributed by atoms with van der Waals surface area (Å²) in [7, 11) is 2.11. The van der Waals surface area contributed by atoms with E-state index in [1.54, 1.807) is 0 Å². The van der Waals surface area contributed by atoms with Crippen LogP contribution in [0.2, 0.25) is 0 Å². The average molecular weight is 258 g/mol. The zero-order valence-corrected chi connectivity index (χ0v) is 12.9. The molecule has 0 N–H and O–H groups in total. The second kappa shape index (κ2) is 5.77. The fraction of sp³-hybridized carbons (Fsp3) is 0.588. The van der Waals surface area contributed by atoms with Crippen LogP contribution in [-0.4, -0.2) is 9.55 Å². The van der Waals surface area contributed by atoms with Crippen LogP contribution in [0.4, 0.5) is 0 Å². The van der Waals surface area contributed by atoms with E-state index in [4.69, 9.17) is 0 Å². The lowest BCUT2D eigenvalue weighted by Crippen LogP contribution is -2.01. The van der Waals surface area contributed by atoms with Crippen LogP contribution in [0.1, 0.15) is 57.6 Å². The Kier molecular flexibility index (Phi) is 4.28. The van der Waals surface area contributed by atoms with Gasteiger partial charge in [-0.3, -0.25) is 0 Å². The van der Waals surface area contributed by atoms with Crippen molar-refractivity contribution in [2.24, 2.45) is 13.0 Å². The van der Waals surface area contributed by atoms with Crippen LogP contribution in [0.15, 0.2) is 18.5 Å². The fourth-order valence-corrected chi connectivity index (χ4v) is 2.94. The highest BCUT2D eigenvalue weighted by Crippen LogP contribution is 2.30. The first-order valence-corrected chi connectivity index (χ1v) is 7.47. The molecule has 0 spiro atoms. The molecule has 104 valence electrons. The van der Waals surface area contributed by atoms with Gasteiger partial charge >= 0.3 is 0 Å². The molecule has 1 heterocycles. The van der Waals surface area contributed by atoms with Gasteiger partial charge in [-0.25, -0.2) is 4.98 Å². The summed E-state index contributed by atoms with van der Waals surface area (Å²) in [5.74, 6) is 1.28. The lowest BCUT2D eigenvalue weighted by Gasteiger charge is -2.15. The van der Waals surface area contributed by atoms with Gasteiger partial charge in [-0.1, -0.05) is 46.2 Å². The van der Waals surface area contributed by atoms with Gasteiger partial charge in [-0.15, -0.1) is 0 Å². The first-order valence-electron chi connectivity index (χ1n) is 7.47. The van der Waals surface area contributed by atoms with Crippen molar-refractivity contribution < 1.29 is 0 Å². The van der Waals surface area contributed by atoms with Crippen molar-refractivity contribution in [1.82, 2.24) is 9.55 Å². The standard InChI is InChI=1S/C17H26N2/c1-6-7-13(4)15-9-8-14(10-12(2)3)16-17(15)19(5)11-18-16/h8-9,11-13H,6-7,10H2,1-5H3. The summed E-state index contributed by atoms with van der Waals surface area (Å²) < 4.78 is 2.18. The van der Waals surface area contributed by atoms with Crippen LogP contribution >= 0.6 is 0 Å². The Bertz CT molecular complexity index is 552. The van der Waals surface area contributed by atoms with Crippen molar-refractivity contribution in [2.45, 2.75) is 52.9 Å². The molecule has 1 aromatic heterocycles. The van der Waals surface area contributed by atoms with E-state index >= 15 is 0 Å². The van der Waals surface area contributed by atoms with Crippen molar-refractivity contribution in [2.75, 3.05) is 0 Å². The van der Waals surface area contributed by atoms with Gasteiger partial charge in [0.2, 0.25) is 0 Å². The van der Waals surface area contributed by atoms with E-state index in [1.165, 1.54) is 35.0 Å².